The molecule has 1 heterocycles. The van der Waals surface area contributed by atoms with E-state index in [2.05, 4.69) is 4.72 Å². The van der Waals surface area contributed by atoms with Crippen molar-refractivity contribution in [3.05, 3.63) is 29.8 Å². The Kier molecular flexibility index (Phi) is 4.88. The van der Waals surface area contributed by atoms with E-state index in [0.29, 0.717) is 6.54 Å². The minimum atomic E-state index is -3.80. The lowest BCUT2D eigenvalue weighted by Crippen LogP contribution is -2.49. The van der Waals surface area contributed by atoms with E-state index in [9.17, 15) is 13.2 Å². The van der Waals surface area contributed by atoms with Crippen LogP contribution in [0.3, 0.4) is 0 Å². The second-order valence-electron chi connectivity index (χ2n) is 5.47. The van der Waals surface area contributed by atoms with Gasteiger partial charge in [0.2, 0.25) is 0 Å². The molecule has 116 valence electrons. The van der Waals surface area contributed by atoms with Crippen molar-refractivity contribution in [2.45, 2.75) is 50.5 Å². The van der Waals surface area contributed by atoms with Gasteiger partial charge >= 0.3 is 6.03 Å². The van der Waals surface area contributed by atoms with E-state index in [0.717, 1.165) is 31.2 Å². The van der Waals surface area contributed by atoms with Crippen LogP contribution >= 0.6 is 0 Å². The van der Waals surface area contributed by atoms with Crippen molar-refractivity contribution >= 4 is 16.1 Å². The molecule has 1 N–H and O–H groups in total. The first kappa shape index (κ1) is 15.8. The van der Waals surface area contributed by atoms with Crippen LogP contribution < -0.4 is 4.72 Å². The zero-order chi connectivity index (χ0) is 15.5. The first-order valence-electron chi connectivity index (χ1n) is 7.34. The Balaban J connectivity index is 2.12. The number of carbonyl (C=O) groups excluding carboxylic acids is 1. The lowest BCUT2D eigenvalue weighted by Gasteiger charge is -2.34. The average molecular weight is 310 g/mol. The molecule has 1 aromatic carbocycles. The highest BCUT2D eigenvalue weighted by molar-refractivity contribution is 7.90. The summed E-state index contributed by atoms with van der Waals surface area (Å²) in [5, 5.41) is 0. The Hall–Kier alpha value is -1.56. The molecule has 2 amide bonds. The number of nitrogens with zero attached hydrogens (tertiary/aromatic N) is 1. The van der Waals surface area contributed by atoms with Crippen molar-refractivity contribution in [2.24, 2.45) is 0 Å². The summed E-state index contributed by atoms with van der Waals surface area (Å²) in [6, 6.07) is 6.08. The minimum absolute atomic E-state index is 0.117. The summed E-state index contributed by atoms with van der Waals surface area (Å²) in [6.07, 6.45) is 3.80. The summed E-state index contributed by atoms with van der Waals surface area (Å²) in [6.45, 7) is 4.52. The molecule has 21 heavy (non-hydrogen) atoms. The third-order valence-electron chi connectivity index (χ3n) is 3.91. The summed E-state index contributed by atoms with van der Waals surface area (Å²) in [5.41, 5.74) is 0.974. The van der Waals surface area contributed by atoms with Crippen LogP contribution in [-0.2, 0) is 10.0 Å². The summed E-state index contributed by atoms with van der Waals surface area (Å²) in [4.78, 5) is 14.0. The summed E-state index contributed by atoms with van der Waals surface area (Å²) < 4.78 is 26.7. The average Bonchev–Trinajstić information content (AvgIpc) is 2.47. The monoisotopic (exact) mass is 310 g/mol. The van der Waals surface area contributed by atoms with Gasteiger partial charge in [0.15, 0.2) is 0 Å². The highest BCUT2D eigenvalue weighted by Crippen LogP contribution is 2.20. The number of likely N-dealkylation sites (tertiary alicyclic amines) is 1. The number of aryl methyl sites for hydroxylation is 1. The van der Waals surface area contributed by atoms with Gasteiger partial charge in [-0.1, -0.05) is 24.6 Å². The first-order valence-corrected chi connectivity index (χ1v) is 8.82. The zero-order valence-electron chi connectivity index (χ0n) is 12.5. The molecule has 1 saturated heterocycles. The number of hydrogen-bond donors (Lipinski definition) is 1. The van der Waals surface area contributed by atoms with E-state index < -0.39 is 16.1 Å². The van der Waals surface area contributed by atoms with Gasteiger partial charge in [-0.15, -0.1) is 0 Å². The highest BCUT2D eigenvalue weighted by Gasteiger charge is 2.28. The number of urea groups is 1. The highest BCUT2D eigenvalue weighted by atomic mass is 32.2. The number of sulfonamides is 1. The standard InChI is InChI=1S/C15H22N2O3S/c1-3-13-6-4-5-11-17(13)15(18)16-21(19,20)14-9-7-12(2)8-10-14/h7-10,13H,3-6,11H2,1-2H3,(H,16,18). The molecule has 1 fully saturated rings. The van der Waals surface area contributed by atoms with Crippen molar-refractivity contribution in [1.82, 2.24) is 9.62 Å². The fourth-order valence-corrected chi connectivity index (χ4v) is 3.60. The summed E-state index contributed by atoms with van der Waals surface area (Å²) >= 11 is 0. The summed E-state index contributed by atoms with van der Waals surface area (Å²) in [5.74, 6) is 0. The second kappa shape index (κ2) is 6.47. The van der Waals surface area contributed by atoms with Gasteiger partial charge in [0.1, 0.15) is 0 Å². The van der Waals surface area contributed by atoms with E-state index in [1.165, 1.54) is 12.1 Å². The fourth-order valence-electron chi connectivity index (χ4n) is 2.64. The van der Waals surface area contributed by atoms with Gasteiger partial charge in [0, 0.05) is 12.6 Å². The van der Waals surface area contributed by atoms with Gasteiger partial charge in [-0.3, -0.25) is 0 Å². The van der Waals surface area contributed by atoms with Gasteiger partial charge in [-0.05, 0) is 44.7 Å². The molecule has 0 radical (unpaired) electrons. The molecule has 1 unspecified atom stereocenters. The smallest absolute Gasteiger partial charge is 0.321 e. The van der Waals surface area contributed by atoms with Crippen LogP contribution in [0.4, 0.5) is 4.79 Å². The number of nitrogens with one attached hydrogen (secondary N) is 1. The summed E-state index contributed by atoms with van der Waals surface area (Å²) in [7, 11) is -3.80. The largest absolute Gasteiger partial charge is 0.331 e. The molecule has 5 nitrogen and oxygen atoms in total. The second-order valence-corrected chi connectivity index (χ2v) is 7.16. The molecule has 6 heteroatoms. The molecule has 1 atom stereocenters. The van der Waals surface area contributed by atoms with Gasteiger partial charge in [-0.25, -0.2) is 17.9 Å². The third kappa shape index (κ3) is 3.75. The number of rotatable bonds is 3. The normalized spacial score (nSPS) is 19.3. The van der Waals surface area contributed by atoms with Crippen LogP contribution in [-0.4, -0.2) is 31.9 Å². The van der Waals surface area contributed by atoms with E-state index in [1.807, 2.05) is 13.8 Å². The van der Waals surface area contributed by atoms with Gasteiger partial charge in [-0.2, -0.15) is 0 Å². The van der Waals surface area contributed by atoms with Gasteiger partial charge < -0.3 is 4.90 Å². The van der Waals surface area contributed by atoms with Crippen molar-refractivity contribution in [1.29, 1.82) is 0 Å². The van der Waals surface area contributed by atoms with Crippen molar-refractivity contribution in [3.63, 3.8) is 0 Å². The fraction of sp³-hybridized carbons (Fsp3) is 0.533. The van der Waals surface area contributed by atoms with E-state index in [4.69, 9.17) is 0 Å². The van der Waals surface area contributed by atoms with Crippen LogP contribution in [0, 0.1) is 6.92 Å². The molecular formula is C15H22N2O3S. The maximum Gasteiger partial charge on any atom is 0.331 e. The molecule has 1 aliphatic heterocycles. The Morgan fingerprint density at radius 2 is 1.95 bits per heavy atom. The number of piperidine rings is 1. The topological polar surface area (TPSA) is 66.5 Å². The number of benzene rings is 1. The van der Waals surface area contributed by atoms with E-state index >= 15 is 0 Å². The van der Waals surface area contributed by atoms with Crippen LogP contribution in [0.1, 0.15) is 38.2 Å². The van der Waals surface area contributed by atoms with Crippen LogP contribution in [0.2, 0.25) is 0 Å². The number of amides is 2. The predicted octanol–water partition coefficient (Wildman–Crippen LogP) is 2.66. The lowest BCUT2D eigenvalue weighted by molar-refractivity contribution is 0.154. The Morgan fingerprint density at radius 3 is 2.57 bits per heavy atom. The van der Waals surface area contributed by atoms with Gasteiger partial charge in [0.05, 0.1) is 4.90 Å². The van der Waals surface area contributed by atoms with Crippen LogP contribution in [0.25, 0.3) is 0 Å². The number of carbonyl (C=O) groups is 1. The maximum absolute atomic E-state index is 12.3. The molecule has 0 aromatic heterocycles. The third-order valence-corrected chi connectivity index (χ3v) is 5.25. The maximum atomic E-state index is 12.3. The van der Waals surface area contributed by atoms with Crippen LogP contribution in [0.5, 0.6) is 0 Å². The van der Waals surface area contributed by atoms with E-state index in [1.54, 1.807) is 17.0 Å². The zero-order valence-corrected chi connectivity index (χ0v) is 13.3. The molecule has 0 saturated carbocycles. The molecular weight excluding hydrogens is 288 g/mol. The van der Waals surface area contributed by atoms with Crippen molar-refractivity contribution in [2.75, 3.05) is 6.54 Å². The molecule has 2 rings (SSSR count). The molecule has 1 aliphatic rings. The Labute approximate surface area is 126 Å². The predicted molar refractivity (Wildman–Crippen MR) is 81.5 cm³/mol. The quantitative estimate of drug-likeness (QED) is 0.933. The van der Waals surface area contributed by atoms with Gasteiger partial charge in [0.25, 0.3) is 10.0 Å². The Morgan fingerprint density at radius 1 is 1.29 bits per heavy atom. The molecule has 0 aliphatic carbocycles. The minimum Gasteiger partial charge on any atom is -0.321 e. The first-order chi connectivity index (χ1) is 9.94. The number of hydrogen-bond acceptors (Lipinski definition) is 3. The lowest BCUT2D eigenvalue weighted by atomic mass is 10.0. The van der Waals surface area contributed by atoms with Crippen molar-refractivity contribution < 1.29 is 13.2 Å². The van der Waals surface area contributed by atoms with Crippen molar-refractivity contribution in [3.8, 4) is 0 Å². The SMILES string of the molecule is CCC1CCCCN1C(=O)NS(=O)(=O)c1ccc(C)cc1. The van der Waals surface area contributed by atoms with Crippen LogP contribution in [0.15, 0.2) is 29.2 Å². The Bertz CT molecular complexity index is 596. The van der Waals surface area contributed by atoms with E-state index in [-0.39, 0.29) is 10.9 Å². The molecule has 1 aromatic rings. The molecule has 0 spiro atoms. The molecule has 0 bridgehead atoms.